The summed E-state index contributed by atoms with van der Waals surface area (Å²) in [6.07, 6.45) is 3.22. The van der Waals surface area contributed by atoms with Gasteiger partial charge in [0.15, 0.2) is 0 Å². The average molecular weight is 360 g/mol. The fourth-order valence-electron chi connectivity index (χ4n) is 2.80. The minimum Gasteiger partial charge on any atom is -0.208 e. The Balaban J connectivity index is 2.20. The van der Waals surface area contributed by atoms with Gasteiger partial charge in [-0.2, -0.15) is 0 Å². The van der Waals surface area contributed by atoms with E-state index in [9.17, 15) is 8.42 Å². The molecule has 0 spiro atoms. The van der Waals surface area contributed by atoms with Gasteiger partial charge in [-0.25, -0.2) is 13.1 Å². The van der Waals surface area contributed by atoms with E-state index in [0.717, 1.165) is 22.9 Å². The fraction of sp³-hybridized carbons (Fsp3) is 0.600. The Morgan fingerprint density at radius 1 is 1.25 bits per heavy atom. The van der Waals surface area contributed by atoms with E-state index in [1.54, 1.807) is 18.2 Å². The third-order valence-corrected chi connectivity index (χ3v) is 6.83. The molecule has 1 aromatic rings. The van der Waals surface area contributed by atoms with E-state index in [1.165, 1.54) is 6.42 Å². The molecule has 1 aliphatic rings. The van der Waals surface area contributed by atoms with E-state index < -0.39 is 10.0 Å². The molecule has 0 heterocycles. The van der Waals surface area contributed by atoms with Gasteiger partial charge in [-0.15, -0.1) is 0 Å². The Kier molecular flexibility index (Phi) is 4.92. The number of rotatable bonds is 3. The standard InChI is InChI=1S/C15H22BrNO2S/c1-10-5-4-6-15(12(10)3)17-20(18,19)13-7-8-14(16)11(2)9-13/h7-10,12,15,17H,4-6H2,1-3H3. The van der Waals surface area contributed by atoms with Crippen molar-refractivity contribution in [3.63, 3.8) is 0 Å². The number of hydrogen-bond acceptors (Lipinski definition) is 2. The van der Waals surface area contributed by atoms with Gasteiger partial charge in [0.2, 0.25) is 10.0 Å². The number of aryl methyl sites for hydroxylation is 1. The van der Waals surface area contributed by atoms with Gasteiger partial charge in [0.05, 0.1) is 4.90 Å². The van der Waals surface area contributed by atoms with Crippen LogP contribution < -0.4 is 4.72 Å². The van der Waals surface area contributed by atoms with Crippen molar-refractivity contribution in [1.29, 1.82) is 0 Å². The summed E-state index contributed by atoms with van der Waals surface area (Å²) < 4.78 is 28.8. The molecule has 0 amide bonds. The Labute approximate surface area is 130 Å². The predicted octanol–water partition coefficient (Wildman–Crippen LogP) is 3.86. The molecule has 0 aliphatic heterocycles. The minimum absolute atomic E-state index is 0.0488. The predicted molar refractivity (Wildman–Crippen MR) is 85.2 cm³/mol. The molecule has 0 aromatic heterocycles. The first-order valence-electron chi connectivity index (χ1n) is 7.10. The molecule has 112 valence electrons. The van der Waals surface area contributed by atoms with Crippen LogP contribution in [0, 0.1) is 18.8 Å². The highest BCUT2D eigenvalue weighted by atomic mass is 79.9. The average Bonchev–Trinajstić information content (AvgIpc) is 2.38. The van der Waals surface area contributed by atoms with Crippen molar-refractivity contribution in [2.24, 2.45) is 11.8 Å². The SMILES string of the molecule is Cc1cc(S(=O)(=O)NC2CCCC(C)C2C)ccc1Br. The lowest BCUT2D eigenvalue weighted by Gasteiger charge is -2.34. The van der Waals surface area contributed by atoms with Crippen LogP contribution in [0.5, 0.6) is 0 Å². The number of sulfonamides is 1. The Morgan fingerprint density at radius 3 is 2.60 bits per heavy atom. The number of hydrogen-bond donors (Lipinski definition) is 1. The van der Waals surface area contributed by atoms with Crippen molar-refractivity contribution in [3.05, 3.63) is 28.2 Å². The van der Waals surface area contributed by atoms with Gasteiger partial charge >= 0.3 is 0 Å². The lowest BCUT2D eigenvalue weighted by atomic mass is 9.78. The highest BCUT2D eigenvalue weighted by Crippen LogP contribution is 2.30. The highest BCUT2D eigenvalue weighted by molar-refractivity contribution is 9.10. The summed E-state index contributed by atoms with van der Waals surface area (Å²) in [4.78, 5) is 0.351. The molecule has 1 N–H and O–H groups in total. The molecular weight excluding hydrogens is 338 g/mol. The Hall–Kier alpha value is -0.390. The maximum Gasteiger partial charge on any atom is 0.240 e. The molecule has 1 saturated carbocycles. The van der Waals surface area contributed by atoms with E-state index in [0.29, 0.717) is 16.7 Å². The van der Waals surface area contributed by atoms with E-state index in [2.05, 4.69) is 34.5 Å². The maximum atomic E-state index is 12.5. The highest BCUT2D eigenvalue weighted by Gasteiger charge is 2.30. The normalized spacial score (nSPS) is 27.5. The summed E-state index contributed by atoms with van der Waals surface area (Å²) in [5.41, 5.74) is 0.929. The molecule has 0 saturated heterocycles. The van der Waals surface area contributed by atoms with Crippen molar-refractivity contribution in [2.75, 3.05) is 0 Å². The van der Waals surface area contributed by atoms with Crippen LogP contribution in [0.1, 0.15) is 38.7 Å². The summed E-state index contributed by atoms with van der Waals surface area (Å²) in [7, 11) is -3.43. The van der Waals surface area contributed by atoms with Crippen LogP contribution in [0.3, 0.4) is 0 Å². The van der Waals surface area contributed by atoms with Crippen LogP contribution in [0.15, 0.2) is 27.6 Å². The van der Waals surface area contributed by atoms with Crippen LogP contribution in [0.25, 0.3) is 0 Å². The third-order valence-electron chi connectivity index (χ3n) is 4.45. The molecule has 5 heteroatoms. The van der Waals surface area contributed by atoms with Crippen molar-refractivity contribution >= 4 is 26.0 Å². The molecule has 20 heavy (non-hydrogen) atoms. The van der Waals surface area contributed by atoms with Crippen LogP contribution >= 0.6 is 15.9 Å². The monoisotopic (exact) mass is 359 g/mol. The third kappa shape index (κ3) is 3.43. The summed E-state index contributed by atoms with van der Waals surface area (Å²) in [5, 5.41) is 0. The smallest absolute Gasteiger partial charge is 0.208 e. The summed E-state index contributed by atoms with van der Waals surface area (Å²) in [5.74, 6) is 0.957. The molecule has 1 aliphatic carbocycles. The van der Waals surface area contributed by atoms with Crippen molar-refractivity contribution in [3.8, 4) is 0 Å². The number of benzene rings is 1. The maximum absolute atomic E-state index is 12.5. The Bertz CT molecular complexity index is 586. The van der Waals surface area contributed by atoms with Crippen molar-refractivity contribution in [1.82, 2.24) is 4.72 Å². The van der Waals surface area contributed by atoms with Gasteiger partial charge < -0.3 is 0 Å². The molecular formula is C15H22BrNO2S. The Morgan fingerprint density at radius 2 is 1.95 bits per heavy atom. The van der Waals surface area contributed by atoms with Gasteiger partial charge in [-0.3, -0.25) is 0 Å². The zero-order valence-corrected chi connectivity index (χ0v) is 14.6. The van der Waals surface area contributed by atoms with Gasteiger partial charge in [-0.1, -0.05) is 42.6 Å². The van der Waals surface area contributed by atoms with Crippen LogP contribution in [0.4, 0.5) is 0 Å². The first-order chi connectivity index (χ1) is 9.31. The van der Waals surface area contributed by atoms with Crippen LogP contribution in [-0.4, -0.2) is 14.5 Å². The zero-order chi connectivity index (χ0) is 14.9. The largest absolute Gasteiger partial charge is 0.240 e. The molecule has 2 rings (SSSR count). The fourth-order valence-corrected chi connectivity index (χ4v) is 4.49. The van der Waals surface area contributed by atoms with Crippen molar-refractivity contribution in [2.45, 2.75) is 51.0 Å². The zero-order valence-electron chi connectivity index (χ0n) is 12.2. The van der Waals surface area contributed by atoms with Crippen LogP contribution in [-0.2, 0) is 10.0 Å². The van der Waals surface area contributed by atoms with Crippen LogP contribution in [0.2, 0.25) is 0 Å². The number of halogens is 1. The second kappa shape index (κ2) is 6.16. The number of nitrogens with one attached hydrogen (secondary N) is 1. The van der Waals surface area contributed by atoms with Gasteiger partial charge in [0, 0.05) is 10.5 Å². The first-order valence-corrected chi connectivity index (χ1v) is 9.37. The molecule has 3 nitrogen and oxygen atoms in total. The van der Waals surface area contributed by atoms with Gasteiger partial charge in [0.1, 0.15) is 0 Å². The minimum atomic E-state index is -3.43. The lowest BCUT2D eigenvalue weighted by Crippen LogP contribution is -2.43. The second-order valence-corrected chi connectivity index (χ2v) is 8.47. The van der Waals surface area contributed by atoms with Crippen molar-refractivity contribution < 1.29 is 8.42 Å². The quantitative estimate of drug-likeness (QED) is 0.890. The lowest BCUT2D eigenvalue weighted by molar-refractivity contribution is 0.227. The molecule has 0 radical (unpaired) electrons. The molecule has 3 atom stereocenters. The van der Waals surface area contributed by atoms with E-state index in [4.69, 9.17) is 0 Å². The molecule has 0 bridgehead atoms. The molecule has 1 aromatic carbocycles. The van der Waals surface area contributed by atoms with Gasteiger partial charge in [0.25, 0.3) is 0 Å². The molecule has 1 fully saturated rings. The summed E-state index contributed by atoms with van der Waals surface area (Å²) in [6, 6.07) is 5.20. The summed E-state index contributed by atoms with van der Waals surface area (Å²) in [6.45, 7) is 6.24. The topological polar surface area (TPSA) is 46.2 Å². The van der Waals surface area contributed by atoms with E-state index in [-0.39, 0.29) is 6.04 Å². The first kappa shape index (κ1) is 16.0. The summed E-state index contributed by atoms with van der Waals surface area (Å²) >= 11 is 3.40. The van der Waals surface area contributed by atoms with E-state index >= 15 is 0 Å². The second-order valence-electron chi connectivity index (χ2n) is 5.91. The van der Waals surface area contributed by atoms with Gasteiger partial charge in [-0.05, 0) is 48.9 Å². The molecule has 3 unspecified atom stereocenters. The van der Waals surface area contributed by atoms with E-state index in [1.807, 2.05) is 6.92 Å².